The number of esters is 1. The van der Waals surface area contributed by atoms with Gasteiger partial charge in [-0.3, -0.25) is 9.36 Å². The first-order chi connectivity index (χ1) is 16.5. The van der Waals surface area contributed by atoms with Gasteiger partial charge in [0.25, 0.3) is 5.91 Å². The Balaban J connectivity index is 1.91. The van der Waals surface area contributed by atoms with Gasteiger partial charge in [0.1, 0.15) is 5.54 Å². The topological polar surface area (TPSA) is 98.6 Å². The van der Waals surface area contributed by atoms with E-state index in [-0.39, 0.29) is 17.4 Å². The highest BCUT2D eigenvalue weighted by Crippen LogP contribution is 2.44. The largest absolute Gasteiger partial charge is 0.466 e. The third kappa shape index (κ3) is 4.75. The third-order valence-corrected chi connectivity index (χ3v) is 7.84. The zero-order valence-electron chi connectivity index (χ0n) is 18.4. The number of ether oxygens (including phenoxy) is 1. The molecule has 182 valence electrons. The van der Waals surface area contributed by atoms with Crippen molar-refractivity contribution in [2.24, 2.45) is 0 Å². The molecule has 1 aliphatic heterocycles. The van der Waals surface area contributed by atoms with Gasteiger partial charge in [-0.05, 0) is 42.8 Å². The Morgan fingerprint density at radius 2 is 1.80 bits per heavy atom. The highest BCUT2D eigenvalue weighted by atomic mass is 79.9. The molecule has 0 bridgehead atoms. The molecule has 0 saturated heterocycles. The molecule has 0 unspecified atom stereocenters. The first-order valence-corrected chi connectivity index (χ1v) is 13.2. The second-order valence-corrected chi connectivity index (χ2v) is 11.5. The number of halogens is 3. The molecule has 1 atom stereocenters. The molecule has 0 radical (unpaired) electrons. The number of carbonyl (C=O) groups excluding carboxylic acids is 2. The van der Waals surface area contributed by atoms with Crippen molar-refractivity contribution in [1.29, 1.82) is 0 Å². The number of methoxy groups -OCH3 is 1. The van der Waals surface area contributed by atoms with Crippen LogP contribution in [0.25, 0.3) is 0 Å². The van der Waals surface area contributed by atoms with Gasteiger partial charge in [-0.15, -0.1) is 0 Å². The summed E-state index contributed by atoms with van der Waals surface area (Å²) < 4.78 is 33.1. The van der Waals surface area contributed by atoms with Crippen LogP contribution in [0.5, 0.6) is 0 Å². The lowest BCUT2D eigenvalue weighted by Gasteiger charge is -2.26. The summed E-state index contributed by atoms with van der Waals surface area (Å²) in [6.45, 7) is 1.64. The van der Waals surface area contributed by atoms with Gasteiger partial charge in [-0.2, -0.15) is 0 Å². The molecule has 3 aromatic rings. The molecule has 2 heterocycles. The number of benzene rings is 2. The van der Waals surface area contributed by atoms with E-state index in [9.17, 15) is 18.0 Å². The lowest BCUT2D eigenvalue weighted by Crippen LogP contribution is -2.41. The molecule has 2 aromatic carbocycles. The van der Waals surface area contributed by atoms with Gasteiger partial charge < -0.3 is 4.74 Å². The van der Waals surface area contributed by atoms with Gasteiger partial charge in [-0.1, -0.05) is 51.3 Å². The summed E-state index contributed by atoms with van der Waals surface area (Å²) in [6.07, 6.45) is 2.11. The molecule has 12 heteroatoms. The molecule has 0 fully saturated rings. The van der Waals surface area contributed by atoms with Gasteiger partial charge in [-0.25, -0.2) is 23.1 Å². The minimum atomic E-state index is -4.18. The molecule has 35 heavy (non-hydrogen) atoms. The van der Waals surface area contributed by atoms with Crippen molar-refractivity contribution in [3.63, 3.8) is 0 Å². The molecule has 1 aromatic heterocycles. The Morgan fingerprint density at radius 3 is 2.40 bits per heavy atom. The predicted octanol–water partition coefficient (Wildman–Crippen LogP) is 5.05. The van der Waals surface area contributed by atoms with Crippen LogP contribution in [0.4, 0.5) is 11.6 Å². The van der Waals surface area contributed by atoms with E-state index in [1.165, 1.54) is 15.5 Å². The molecule has 1 amide bonds. The van der Waals surface area contributed by atoms with Crippen LogP contribution in [0.2, 0.25) is 10.0 Å². The predicted molar refractivity (Wildman–Crippen MR) is 136 cm³/mol. The molecule has 0 spiro atoms. The Morgan fingerprint density at radius 1 is 1.17 bits per heavy atom. The Kier molecular flexibility index (Phi) is 6.85. The monoisotopic (exact) mass is 597 g/mol. The van der Waals surface area contributed by atoms with Crippen LogP contribution in [0.3, 0.4) is 0 Å². The van der Waals surface area contributed by atoms with Crippen molar-refractivity contribution >= 4 is 72.5 Å². The summed E-state index contributed by atoms with van der Waals surface area (Å²) in [4.78, 5) is 31.0. The van der Waals surface area contributed by atoms with E-state index >= 15 is 0 Å². The Labute approximate surface area is 220 Å². The second kappa shape index (κ2) is 9.42. The van der Waals surface area contributed by atoms with Gasteiger partial charge in [0.15, 0.2) is 5.03 Å². The number of fused-ring (bicyclic) bond motifs is 1. The fraction of sp³-hybridized carbons (Fsp3) is 0.174. The smallest absolute Gasteiger partial charge is 0.331 e. The van der Waals surface area contributed by atoms with E-state index in [1.807, 2.05) is 24.3 Å². The van der Waals surface area contributed by atoms with Crippen LogP contribution < -0.4 is 4.90 Å². The maximum atomic E-state index is 13.9. The maximum Gasteiger partial charge on any atom is 0.331 e. The summed E-state index contributed by atoms with van der Waals surface area (Å²) in [6, 6.07) is 11.9. The normalized spacial score (nSPS) is 17.7. The highest BCUT2D eigenvalue weighted by Gasteiger charge is 2.51. The van der Waals surface area contributed by atoms with Crippen LogP contribution in [-0.2, 0) is 36.1 Å². The van der Waals surface area contributed by atoms with E-state index in [4.69, 9.17) is 23.2 Å². The first-order valence-electron chi connectivity index (χ1n) is 10.1. The summed E-state index contributed by atoms with van der Waals surface area (Å²) in [7, 11) is -3.05. The summed E-state index contributed by atoms with van der Waals surface area (Å²) in [5, 5.41) is 1.07. The van der Waals surface area contributed by atoms with Crippen LogP contribution in [-0.4, -0.2) is 37.0 Å². The quantitative estimate of drug-likeness (QED) is 0.291. The summed E-state index contributed by atoms with van der Waals surface area (Å²) in [5.74, 6) is -1.17. The number of nitrogens with zero attached hydrogens (tertiary/aromatic N) is 3. The minimum absolute atomic E-state index is 0.0815. The van der Waals surface area contributed by atoms with E-state index < -0.39 is 27.3 Å². The fourth-order valence-corrected chi connectivity index (χ4v) is 5.86. The molecule has 0 aliphatic carbocycles. The van der Waals surface area contributed by atoms with E-state index in [2.05, 4.69) is 25.7 Å². The highest BCUT2D eigenvalue weighted by molar-refractivity contribution is 9.10. The minimum Gasteiger partial charge on any atom is -0.466 e. The molecule has 0 saturated carbocycles. The van der Waals surface area contributed by atoms with Gasteiger partial charge in [0.05, 0.1) is 19.0 Å². The number of amides is 1. The van der Waals surface area contributed by atoms with Gasteiger partial charge >= 0.3 is 5.97 Å². The lowest BCUT2D eigenvalue weighted by atomic mass is 9.92. The van der Waals surface area contributed by atoms with E-state index in [0.29, 0.717) is 15.7 Å². The summed E-state index contributed by atoms with van der Waals surface area (Å²) in [5.41, 5.74) is -0.244. The second-order valence-electron chi connectivity index (χ2n) is 7.95. The average Bonchev–Trinajstić information content (AvgIpc) is 3.32. The van der Waals surface area contributed by atoms with Crippen LogP contribution in [0.15, 0.2) is 69.6 Å². The number of carbonyl (C=O) groups is 2. The van der Waals surface area contributed by atoms with Crippen LogP contribution in [0.1, 0.15) is 12.5 Å². The number of hydrogen-bond acceptors (Lipinski definition) is 6. The lowest BCUT2D eigenvalue weighted by molar-refractivity contribution is -0.134. The average molecular weight is 599 g/mol. The van der Waals surface area contributed by atoms with Crippen molar-refractivity contribution in [3.8, 4) is 0 Å². The third-order valence-electron chi connectivity index (χ3n) is 5.51. The Hall–Kier alpha value is -2.66. The van der Waals surface area contributed by atoms with Crippen LogP contribution in [0, 0.1) is 0 Å². The zero-order chi connectivity index (χ0) is 25.5. The standard InChI is InChI=1S/C23H18BrCl2N3O5S/c1-23(12-14-3-5-15(24)6-4-14)21(31)28(18-10-16(25)9-17(26)11-18)22-27-13-19(29(22)23)35(32,33)8-7-20(30)34-2/h3-11,13H,12H2,1-2H3/b8-7+/t23-/m1/s1. The number of hydrogen-bond donors (Lipinski definition) is 0. The SMILES string of the molecule is COC(=O)/C=C/S(=O)(=O)c1cnc2n1[C@](C)(Cc1ccc(Br)cc1)C(=O)N2c1cc(Cl)cc(Cl)c1. The van der Waals surface area contributed by atoms with E-state index in [0.717, 1.165) is 34.8 Å². The molecule has 1 aliphatic rings. The molecule has 8 nitrogen and oxygen atoms in total. The van der Waals surface area contributed by atoms with Crippen molar-refractivity contribution in [2.45, 2.75) is 23.9 Å². The van der Waals surface area contributed by atoms with E-state index in [1.54, 1.807) is 19.1 Å². The molecule has 0 N–H and O–H groups in total. The van der Waals surface area contributed by atoms with Crippen molar-refractivity contribution in [3.05, 3.63) is 80.2 Å². The Bertz CT molecular complexity index is 1450. The fourth-order valence-electron chi connectivity index (χ4n) is 3.92. The first kappa shape index (κ1) is 25.4. The van der Waals surface area contributed by atoms with Crippen molar-refractivity contribution in [1.82, 2.24) is 9.55 Å². The summed E-state index contributed by atoms with van der Waals surface area (Å²) >= 11 is 15.7. The van der Waals surface area contributed by atoms with Crippen molar-refractivity contribution < 1.29 is 22.7 Å². The number of rotatable bonds is 6. The number of anilines is 2. The van der Waals surface area contributed by atoms with Gasteiger partial charge in [0, 0.05) is 32.4 Å². The van der Waals surface area contributed by atoms with Crippen LogP contribution >= 0.6 is 39.1 Å². The number of sulfone groups is 1. The number of imidazole rings is 1. The van der Waals surface area contributed by atoms with Gasteiger partial charge in [0.2, 0.25) is 15.8 Å². The molecular weight excluding hydrogens is 581 g/mol. The number of aromatic nitrogens is 2. The van der Waals surface area contributed by atoms with Crippen molar-refractivity contribution in [2.75, 3.05) is 12.0 Å². The zero-order valence-corrected chi connectivity index (χ0v) is 22.3. The molecule has 4 rings (SSSR count). The maximum absolute atomic E-state index is 13.9. The molecular formula is C23H18BrCl2N3O5S.